The van der Waals surface area contributed by atoms with Crippen LogP contribution >= 0.6 is 11.6 Å². The monoisotopic (exact) mass is 411 g/mol. The summed E-state index contributed by atoms with van der Waals surface area (Å²) < 4.78 is 19.1. The number of phenolic OH excluding ortho intramolecular Hbond substituents is 1. The molecular formula is C20H11ClFN3O4. The lowest BCUT2D eigenvalue weighted by atomic mass is 10.2. The summed E-state index contributed by atoms with van der Waals surface area (Å²) in [6.45, 7) is 0. The SMILES string of the molecule is O=[N+]([O-])c1cc(Cl)cc(C=Nc2ccc3oc(-c4cccc(F)c4)nc3c2)c1O. The van der Waals surface area contributed by atoms with Crippen molar-refractivity contribution in [2.24, 2.45) is 4.99 Å². The number of hydrogen-bond donors (Lipinski definition) is 1. The molecule has 0 aliphatic carbocycles. The Kier molecular flexibility index (Phi) is 4.69. The number of aromatic nitrogens is 1. The van der Waals surface area contributed by atoms with Crippen molar-refractivity contribution in [3.8, 4) is 17.2 Å². The van der Waals surface area contributed by atoms with E-state index in [1.807, 2.05) is 0 Å². The largest absolute Gasteiger partial charge is 0.502 e. The van der Waals surface area contributed by atoms with Crippen molar-refractivity contribution in [3.63, 3.8) is 0 Å². The van der Waals surface area contributed by atoms with E-state index in [1.54, 1.807) is 30.3 Å². The molecule has 0 saturated carbocycles. The first kappa shape index (κ1) is 18.6. The maximum Gasteiger partial charge on any atom is 0.312 e. The number of nitro benzene ring substituents is 1. The third kappa shape index (κ3) is 3.78. The van der Waals surface area contributed by atoms with Crippen molar-refractivity contribution in [1.29, 1.82) is 0 Å². The van der Waals surface area contributed by atoms with E-state index in [2.05, 4.69) is 9.98 Å². The van der Waals surface area contributed by atoms with Gasteiger partial charge in [-0.25, -0.2) is 9.37 Å². The van der Waals surface area contributed by atoms with E-state index in [-0.39, 0.29) is 16.5 Å². The van der Waals surface area contributed by atoms with Crippen LogP contribution in [0.15, 0.2) is 64.0 Å². The number of aliphatic imine (C=N–C) groups is 1. The number of aromatic hydroxyl groups is 1. The van der Waals surface area contributed by atoms with Gasteiger partial charge in [-0.15, -0.1) is 0 Å². The van der Waals surface area contributed by atoms with Crippen molar-refractivity contribution >= 4 is 40.3 Å². The zero-order valence-electron chi connectivity index (χ0n) is 14.5. The highest BCUT2D eigenvalue weighted by atomic mass is 35.5. The van der Waals surface area contributed by atoms with E-state index in [0.29, 0.717) is 22.4 Å². The highest BCUT2D eigenvalue weighted by molar-refractivity contribution is 6.31. The molecule has 9 heteroatoms. The highest BCUT2D eigenvalue weighted by Crippen LogP contribution is 2.33. The lowest BCUT2D eigenvalue weighted by Crippen LogP contribution is -1.92. The Bertz CT molecular complexity index is 1290. The number of rotatable bonds is 4. The molecule has 0 atom stereocenters. The third-order valence-electron chi connectivity index (χ3n) is 4.08. The van der Waals surface area contributed by atoms with Gasteiger partial charge in [0.1, 0.15) is 11.3 Å². The van der Waals surface area contributed by atoms with Crippen LogP contribution < -0.4 is 0 Å². The number of nitro groups is 1. The van der Waals surface area contributed by atoms with Crippen LogP contribution in [0.2, 0.25) is 5.02 Å². The van der Waals surface area contributed by atoms with Gasteiger partial charge in [-0.05, 0) is 42.5 Å². The fourth-order valence-corrected chi connectivity index (χ4v) is 2.95. The van der Waals surface area contributed by atoms with Crippen molar-refractivity contribution in [2.75, 3.05) is 0 Å². The van der Waals surface area contributed by atoms with Gasteiger partial charge >= 0.3 is 5.69 Å². The first-order chi connectivity index (χ1) is 13.9. The lowest BCUT2D eigenvalue weighted by Gasteiger charge is -2.01. The second kappa shape index (κ2) is 7.33. The number of fused-ring (bicyclic) bond motifs is 1. The van der Waals surface area contributed by atoms with Gasteiger partial charge in [0.25, 0.3) is 0 Å². The minimum atomic E-state index is -0.728. The van der Waals surface area contributed by atoms with Crippen molar-refractivity contribution in [1.82, 2.24) is 4.98 Å². The Balaban J connectivity index is 1.68. The van der Waals surface area contributed by atoms with E-state index in [0.717, 1.165) is 6.07 Å². The second-order valence-electron chi connectivity index (χ2n) is 6.06. The van der Waals surface area contributed by atoms with Gasteiger partial charge in [0, 0.05) is 28.4 Å². The number of phenols is 1. The van der Waals surface area contributed by atoms with E-state index < -0.39 is 22.2 Å². The number of nitrogens with zero attached hydrogens (tertiary/aromatic N) is 3. The number of halogens is 2. The molecule has 144 valence electrons. The molecule has 0 spiro atoms. The highest BCUT2D eigenvalue weighted by Gasteiger charge is 2.17. The Morgan fingerprint density at radius 1 is 1.21 bits per heavy atom. The molecule has 0 aliphatic rings. The maximum absolute atomic E-state index is 13.4. The maximum atomic E-state index is 13.4. The summed E-state index contributed by atoms with van der Waals surface area (Å²) in [5.41, 5.74) is 1.56. The van der Waals surface area contributed by atoms with Crippen LogP contribution in [0.5, 0.6) is 5.75 Å². The average molecular weight is 412 g/mol. The van der Waals surface area contributed by atoms with E-state index in [1.165, 1.54) is 24.4 Å². The minimum Gasteiger partial charge on any atom is -0.502 e. The fourth-order valence-electron chi connectivity index (χ4n) is 2.73. The second-order valence-corrected chi connectivity index (χ2v) is 6.50. The fraction of sp³-hybridized carbons (Fsp3) is 0. The normalized spacial score (nSPS) is 11.4. The molecule has 0 radical (unpaired) electrons. The zero-order chi connectivity index (χ0) is 20.5. The molecule has 4 rings (SSSR count). The molecule has 7 nitrogen and oxygen atoms in total. The summed E-state index contributed by atoms with van der Waals surface area (Å²) in [5.74, 6) is -0.659. The molecule has 0 amide bonds. The van der Waals surface area contributed by atoms with Gasteiger partial charge in [-0.3, -0.25) is 15.1 Å². The van der Waals surface area contributed by atoms with Crippen LogP contribution in [0.25, 0.3) is 22.6 Å². The summed E-state index contributed by atoms with van der Waals surface area (Å²) in [5, 5.41) is 21.1. The molecule has 4 aromatic rings. The number of oxazole rings is 1. The summed E-state index contributed by atoms with van der Waals surface area (Å²) in [4.78, 5) is 18.8. The molecule has 0 saturated heterocycles. The van der Waals surface area contributed by atoms with Gasteiger partial charge < -0.3 is 9.52 Å². The molecular weight excluding hydrogens is 401 g/mol. The van der Waals surface area contributed by atoms with Crippen molar-refractivity contribution < 1.29 is 18.8 Å². The molecule has 1 N–H and O–H groups in total. The number of benzene rings is 3. The predicted octanol–water partition coefficient (Wildman–Crippen LogP) is 5.65. The first-order valence-corrected chi connectivity index (χ1v) is 8.66. The molecule has 1 aromatic heterocycles. The Labute approximate surface area is 167 Å². The van der Waals surface area contributed by atoms with Gasteiger partial charge in [0.05, 0.1) is 10.6 Å². The van der Waals surface area contributed by atoms with E-state index in [4.69, 9.17) is 16.0 Å². The minimum absolute atomic E-state index is 0.0997. The summed E-state index contributed by atoms with van der Waals surface area (Å²) in [6.07, 6.45) is 1.27. The third-order valence-corrected chi connectivity index (χ3v) is 4.29. The topological polar surface area (TPSA) is 102 Å². The molecule has 29 heavy (non-hydrogen) atoms. The van der Waals surface area contributed by atoms with Crippen molar-refractivity contribution in [2.45, 2.75) is 0 Å². The smallest absolute Gasteiger partial charge is 0.312 e. The van der Waals surface area contributed by atoms with Crippen LogP contribution in [0.4, 0.5) is 15.8 Å². The van der Waals surface area contributed by atoms with Gasteiger partial charge in [-0.2, -0.15) is 0 Å². The van der Waals surface area contributed by atoms with Crippen molar-refractivity contribution in [3.05, 3.63) is 81.1 Å². The standard InChI is InChI=1S/C20H11ClFN3O4/c21-13-6-12(19(26)17(8-13)25(27)28)10-23-15-4-5-18-16(9-15)24-20(29-18)11-2-1-3-14(22)7-11/h1-10,26H. The predicted molar refractivity (Wildman–Crippen MR) is 106 cm³/mol. The molecule has 1 heterocycles. The van der Waals surface area contributed by atoms with Crippen LogP contribution in [0, 0.1) is 15.9 Å². The lowest BCUT2D eigenvalue weighted by molar-refractivity contribution is -0.385. The molecule has 3 aromatic carbocycles. The van der Waals surface area contributed by atoms with Gasteiger partial charge in [0.15, 0.2) is 5.58 Å². The van der Waals surface area contributed by atoms with E-state index >= 15 is 0 Å². The first-order valence-electron chi connectivity index (χ1n) is 8.28. The van der Waals surface area contributed by atoms with Gasteiger partial charge in [0.2, 0.25) is 11.6 Å². The van der Waals surface area contributed by atoms with Crippen LogP contribution in [0.3, 0.4) is 0 Å². The van der Waals surface area contributed by atoms with E-state index in [9.17, 15) is 19.6 Å². The zero-order valence-corrected chi connectivity index (χ0v) is 15.3. The molecule has 0 unspecified atom stereocenters. The molecule has 0 fully saturated rings. The van der Waals surface area contributed by atoms with Crippen LogP contribution in [0.1, 0.15) is 5.56 Å². The summed E-state index contributed by atoms with van der Waals surface area (Å²) in [7, 11) is 0. The number of hydrogen-bond acceptors (Lipinski definition) is 6. The summed E-state index contributed by atoms with van der Waals surface area (Å²) in [6, 6.07) is 13.2. The van der Waals surface area contributed by atoms with Crippen LogP contribution in [-0.4, -0.2) is 21.2 Å². The molecule has 0 aliphatic heterocycles. The van der Waals surface area contributed by atoms with Gasteiger partial charge in [-0.1, -0.05) is 17.7 Å². The quantitative estimate of drug-likeness (QED) is 0.265. The Hall–Kier alpha value is -3.78. The summed E-state index contributed by atoms with van der Waals surface area (Å²) >= 11 is 5.87. The molecule has 0 bridgehead atoms. The van der Waals surface area contributed by atoms with Crippen LogP contribution in [-0.2, 0) is 0 Å². The Morgan fingerprint density at radius 2 is 2.03 bits per heavy atom. The Morgan fingerprint density at radius 3 is 2.79 bits per heavy atom. The average Bonchev–Trinajstić information content (AvgIpc) is 3.11.